The maximum absolute atomic E-state index is 5.84. The fourth-order valence-electron chi connectivity index (χ4n) is 6.07. The fraction of sp³-hybridized carbons (Fsp3) is 0.229. The van der Waals surface area contributed by atoms with Crippen LogP contribution in [0.4, 0.5) is 0 Å². The van der Waals surface area contributed by atoms with Crippen LogP contribution in [0.3, 0.4) is 0 Å². The number of fused-ring (bicyclic) bond motifs is 3. The first-order valence-corrected chi connectivity index (χ1v) is 21.2. The Morgan fingerprint density at radius 1 is 0.623 bits per heavy atom. The predicted octanol–water partition coefficient (Wildman–Crippen LogP) is 14.3. The molecule has 0 spiro atoms. The molecule has 0 atom stereocenters. The van der Waals surface area contributed by atoms with E-state index >= 15 is 0 Å². The average molecular weight is 860 g/mol. The van der Waals surface area contributed by atoms with Crippen molar-refractivity contribution in [3.8, 4) is 22.3 Å². The van der Waals surface area contributed by atoms with Gasteiger partial charge in [0.15, 0.2) is 0 Å². The minimum atomic E-state index is -0.623. The average Bonchev–Trinajstić information content (AvgIpc) is 3.64. The molecule has 6 aromatic carbocycles. The van der Waals surface area contributed by atoms with Gasteiger partial charge in [-0.3, -0.25) is 0 Å². The molecule has 0 saturated carbocycles. The molecule has 0 amide bonds. The quantitative estimate of drug-likeness (QED) is 0.155. The summed E-state index contributed by atoms with van der Waals surface area (Å²) in [6.45, 7) is 17.9. The summed E-state index contributed by atoms with van der Waals surface area (Å²) in [4.78, 5) is 0. The van der Waals surface area contributed by atoms with Gasteiger partial charge in [0.1, 0.15) is 0 Å². The Morgan fingerprint density at radius 2 is 1.15 bits per heavy atom. The van der Waals surface area contributed by atoms with Crippen molar-refractivity contribution in [1.82, 2.24) is 0 Å². The summed E-state index contributed by atoms with van der Waals surface area (Å²) >= 11 is 11.0. The van der Waals surface area contributed by atoms with E-state index in [0.717, 1.165) is 16.5 Å². The van der Waals surface area contributed by atoms with Crippen molar-refractivity contribution in [1.29, 1.82) is 0 Å². The Bertz CT molecular complexity index is 2030. The van der Waals surface area contributed by atoms with Gasteiger partial charge < -0.3 is 0 Å². The van der Waals surface area contributed by atoms with Crippen LogP contribution in [0.15, 0.2) is 121 Å². The van der Waals surface area contributed by atoms with Gasteiger partial charge in [-0.2, -0.15) is 52.1 Å². The van der Waals surface area contributed by atoms with Crippen LogP contribution in [0, 0.1) is 19.9 Å². The zero-order valence-electron chi connectivity index (χ0n) is 32.0. The van der Waals surface area contributed by atoms with Crippen LogP contribution in [0.25, 0.3) is 22.3 Å². The molecule has 0 saturated heterocycles. The number of benzene rings is 5. The molecule has 0 fully saturated rings. The Balaban J connectivity index is 0.000000216. The van der Waals surface area contributed by atoms with Gasteiger partial charge in [-0.15, -0.1) is 30.4 Å². The molecular weight excluding hydrogens is 810 g/mol. The number of hydrogen-bond donors (Lipinski definition) is 0. The molecule has 0 N–H and O–H groups in total. The Labute approximate surface area is 351 Å². The van der Waals surface area contributed by atoms with E-state index < -0.39 is 22.3 Å². The minimum absolute atomic E-state index is 0. The molecular formula is C48H50Cl4Zr-2. The molecule has 0 nitrogen and oxygen atoms in total. The van der Waals surface area contributed by atoms with Crippen molar-refractivity contribution in [2.24, 2.45) is 0 Å². The summed E-state index contributed by atoms with van der Waals surface area (Å²) < 4.78 is 4.66. The second-order valence-electron chi connectivity index (χ2n) is 15.4. The van der Waals surface area contributed by atoms with Crippen molar-refractivity contribution in [2.45, 2.75) is 72.6 Å². The van der Waals surface area contributed by atoms with E-state index in [2.05, 4.69) is 166 Å². The van der Waals surface area contributed by atoms with Crippen LogP contribution in [-0.2, 0) is 39.5 Å². The maximum atomic E-state index is 5.84. The van der Waals surface area contributed by atoms with Gasteiger partial charge in [0.25, 0.3) is 0 Å². The van der Waals surface area contributed by atoms with Gasteiger partial charge >= 0.3 is 123 Å². The van der Waals surface area contributed by atoms with Crippen molar-refractivity contribution in [3.05, 3.63) is 182 Å². The molecule has 0 unspecified atom stereocenters. The van der Waals surface area contributed by atoms with Gasteiger partial charge in [0, 0.05) is 0 Å². The van der Waals surface area contributed by atoms with E-state index in [-0.39, 0.29) is 35.6 Å². The normalized spacial score (nSPS) is 11.1. The van der Waals surface area contributed by atoms with Crippen LogP contribution in [0.2, 0.25) is 10.0 Å². The van der Waals surface area contributed by atoms with E-state index in [0.29, 0.717) is 0 Å². The standard InChI is InChI=1S/C21H25.C13H13.2C7H5Cl.2ClH.Zr/c1-20(2,3)16-9-7-14-11-15-8-10-17(21(4,5)6)13-19(15)18(14)12-16;1-10-8-11(2)13(9-10)12-6-4-3-5-7-12;2*1-6-2-4-7(8)5-3-6;;;/h7,9-10,12-13H,11H2,1-6H3;3-9H,1-2H3;2*1-5H;2*1H;/q2*-1;;;;;. The third-order valence-electron chi connectivity index (χ3n) is 9.09. The van der Waals surface area contributed by atoms with Gasteiger partial charge in [-0.25, -0.2) is 6.07 Å². The molecule has 276 valence electrons. The molecule has 1 aliphatic rings. The molecule has 53 heavy (non-hydrogen) atoms. The van der Waals surface area contributed by atoms with E-state index in [1.54, 1.807) is 0 Å². The Kier molecular flexibility index (Phi) is 16.6. The number of rotatable bonds is 3. The molecule has 0 bridgehead atoms. The number of halogens is 4. The molecule has 1 aliphatic carbocycles. The summed E-state index contributed by atoms with van der Waals surface area (Å²) in [6.07, 6.45) is 1.03. The molecule has 0 aliphatic heterocycles. The summed E-state index contributed by atoms with van der Waals surface area (Å²) in [6, 6.07) is 46.0. The molecule has 6 aromatic rings. The zero-order chi connectivity index (χ0) is 36.8. The monoisotopic (exact) mass is 856 g/mol. The van der Waals surface area contributed by atoms with Gasteiger partial charge in [-0.05, 0) is 17.4 Å². The number of hydrogen-bond acceptors (Lipinski definition) is 0. The molecule has 7 rings (SSSR count). The second-order valence-corrected chi connectivity index (χ2v) is 18.5. The van der Waals surface area contributed by atoms with Crippen molar-refractivity contribution >= 4 is 55.4 Å². The molecule has 0 heterocycles. The Hall–Kier alpha value is -2.77. The van der Waals surface area contributed by atoms with Gasteiger partial charge in [-0.1, -0.05) is 126 Å². The fourth-order valence-corrected chi connectivity index (χ4v) is 8.42. The zero-order valence-corrected chi connectivity index (χ0v) is 37.6. The van der Waals surface area contributed by atoms with E-state index in [9.17, 15) is 0 Å². The summed E-state index contributed by atoms with van der Waals surface area (Å²) in [5.41, 5.74) is 16.7. The SMILES string of the molecule is CC(C)(C)c1c[c-]c2c(c1)-c1cc(C(C)(C)C)ccc1C2.Cc1cc(-c2ccccc2)c(C)[cH-]1.Cl.Cl.Clc1ccc([CH]=[Zr]=[CH]c2ccc(Cl)cc2)cc1. The summed E-state index contributed by atoms with van der Waals surface area (Å²) in [7, 11) is 0. The van der Waals surface area contributed by atoms with Crippen LogP contribution < -0.4 is 0 Å². The first-order chi connectivity index (χ1) is 24.2. The van der Waals surface area contributed by atoms with Gasteiger partial charge in [0.05, 0.1) is 0 Å². The topological polar surface area (TPSA) is 0 Å². The second kappa shape index (κ2) is 19.7. The van der Waals surface area contributed by atoms with Crippen molar-refractivity contribution in [2.75, 3.05) is 0 Å². The van der Waals surface area contributed by atoms with E-state index in [1.165, 1.54) is 66.8 Å². The predicted molar refractivity (Wildman–Crippen MR) is 236 cm³/mol. The first kappa shape index (κ1) is 44.6. The molecule has 5 heteroatoms. The van der Waals surface area contributed by atoms with Crippen LogP contribution in [-0.4, -0.2) is 7.42 Å². The summed E-state index contributed by atoms with van der Waals surface area (Å²) in [5.74, 6) is 0. The third kappa shape index (κ3) is 12.6. The summed E-state index contributed by atoms with van der Waals surface area (Å²) in [5, 5.41) is 1.57. The first-order valence-electron chi connectivity index (χ1n) is 17.6. The Morgan fingerprint density at radius 3 is 1.64 bits per heavy atom. The van der Waals surface area contributed by atoms with Crippen LogP contribution in [0.1, 0.15) is 86.1 Å². The van der Waals surface area contributed by atoms with E-state index in [4.69, 9.17) is 23.2 Å². The third-order valence-corrected chi connectivity index (χ3v) is 12.1. The van der Waals surface area contributed by atoms with Crippen LogP contribution >= 0.6 is 48.0 Å². The number of aryl methyl sites for hydroxylation is 2. The van der Waals surface area contributed by atoms with E-state index in [1.807, 2.05) is 24.3 Å². The van der Waals surface area contributed by atoms with Crippen molar-refractivity contribution in [3.63, 3.8) is 0 Å². The van der Waals surface area contributed by atoms with Crippen LogP contribution in [0.5, 0.6) is 0 Å². The van der Waals surface area contributed by atoms with Gasteiger partial charge in [0.2, 0.25) is 0 Å². The molecule has 0 radical (unpaired) electrons. The molecule has 0 aromatic heterocycles. The van der Waals surface area contributed by atoms with Crippen molar-refractivity contribution < 1.29 is 22.3 Å².